The lowest BCUT2D eigenvalue weighted by atomic mass is 10.0. The van der Waals surface area contributed by atoms with Crippen LogP contribution in [0.4, 0.5) is 4.39 Å². The molecule has 1 aliphatic heterocycles. The van der Waals surface area contributed by atoms with Gasteiger partial charge in [0.25, 0.3) is 0 Å². The van der Waals surface area contributed by atoms with Crippen LogP contribution in [0, 0.1) is 5.82 Å². The molecule has 0 atom stereocenters. The number of nitrogens with zero attached hydrogens (tertiary/aromatic N) is 2. The standard InChI is InChI=1S/C20H26FN3O/c1-2-25-20-6-5-16(12-19(20)21)14-23-18-7-10-24(11-8-18)15-17-4-3-9-22-13-17/h3-6,9,12-13,18,23H,2,7-8,10-11,14-15H2,1H3. The first-order valence-corrected chi connectivity index (χ1v) is 9.00. The van der Waals surface area contributed by atoms with Gasteiger partial charge in [-0.3, -0.25) is 9.88 Å². The number of pyridine rings is 1. The van der Waals surface area contributed by atoms with Gasteiger partial charge in [0.1, 0.15) is 0 Å². The van der Waals surface area contributed by atoms with E-state index in [1.54, 1.807) is 12.1 Å². The van der Waals surface area contributed by atoms with Crippen molar-refractivity contribution in [2.45, 2.75) is 38.9 Å². The van der Waals surface area contributed by atoms with Crippen molar-refractivity contribution in [1.29, 1.82) is 0 Å². The van der Waals surface area contributed by atoms with E-state index >= 15 is 0 Å². The molecule has 0 aliphatic carbocycles. The molecule has 2 heterocycles. The fourth-order valence-electron chi connectivity index (χ4n) is 3.23. The van der Waals surface area contributed by atoms with Crippen LogP contribution in [0.5, 0.6) is 5.75 Å². The van der Waals surface area contributed by atoms with E-state index in [0.717, 1.165) is 38.0 Å². The highest BCUT2D eigenvalue weighted by Crippen LogP contribution is 2.19. The maximum absolute atomic E-state index is 13.9. The van der Waals surface area contributed by atoms with E-state index in [0.29, 0.717) is 24.9 Å². The zero-order chi connectivity index (χ0) is 17.5. The molecule has 3 rings (SSSR count). The van der Waals surface area contributed by atoms with Gasteiger partial charge >= 0.3 is 0 Å². The predicted octanol–water partition coefficient (Wildman–Crippen LogP) is 3.37. The van der Waals surface area contributed by atoms with Crippen molar-refractivity contribution < 1.29 is 9.13 Å². The molecular formula is C20H26FN3O. The number of aromatic nitrogens is 1. The first kappa shape index (κ1) is 17.8. The molecular weight excluding hydrogens is 317 g/mol. The largest absolute Gasteiger partial charge is 0.491 e. The van der Waals surface area contributed by atoms with Gasteiger partial charge in [-0.25, -0.2) is 4.39 Å². The summed E-state index contributed by atoms with van der Waals surface area (Å²) in [5, 5.41) is 3.55. The van der Waals surface area contributed by atoms with Gasteiger partial charge in [0.05, 0.1) is 6.61 Å². The van der Waals surface area contributed by atoms with Crippen LogP contribution in [0.15, 0.2) is 42.7 Å². The smallest absolute Gasteiger partial charge is 0.165 e. The predicted molar refractivity (Wildman–Crippen MR) is 96.9 cm³/mol. The third kappa shape index (κ3) is 5.25. The van der Waals surface area contributed by atoms with E-state index in [2.05, 4.69) is 21.3 Å². The Morgan fingerprint density at radius 2 is 2.08 bits per heavy atom. The third-order valence-corrected chi connectivity index (χ3v) is 4.61. The Morgan fingerprint density at radius 1 is 1.24 bits per heavy atom. The van der Waals surface area contributed by atoms with Gasteiger partial charge in [-0.2, -0.15) is 0 Å². The second-order valence-corrected chi connectivity index (χ2v) is 6.49. The van der Waals surface area contributed by atoms with Crippen molar-refractivity contribution in [3.8, 4) is 5.75 Å². The summed E-state index contributed by atoms with van der Waals surface area (Å²) in [4.78, 5) is 6.64. The summed E-state index contributed by atoms with van der Waals surface area (Å²) < 4.78 is 19.1. The number of likely N-dealkylation sites (tertiary alicyclic amines) is 1. The normalized spacial score (nSPS) is 16.1. The van der Waals surface area contributed by atoms with Crippen LogP contribution in [0.3, 0.4) is 0 Å². The average molecular weight is 343 g/mol. The molecule has 0 unspecified atom stereocenters. The van der Waals surface area contributed by atoms with Gasteiger partial charge in [0, 0.05) is 31.5 Å². The molecule has 0 spiro atoms. The molecule has 0 amide bonds. The summed E-state index contributed by atoms with van der Waals surface area (Å²) in [6, 6.07) is 9.80. The Balaban J connectivity index is 1.42. The molecule has 0 bridgehead atoms. The number of rotatable bonds is 7. The van der Waals surface area contributed by atoms with Crippen molar-refractivity contribution >= 4 is 0 Å². The molecule has 1 aromatic carbocycles. The number of hydrogen-bond acceptors (Lipinski definition) is 4. The zero-order valence-corrected chi connectivity index (χ0v) is 14.7. The molecule has 0 radical (unpaired) electrons. The molecule has 0 saturated carbocycles. The fraction of sp³-hybridized carbons (Fsp3) is 0.450. The molecule has 5 heteroatoms. The number of piperidine rings is 1. The van der Waals surface area contributed by atoms with Gasteiger partial charge in [-0.05, 0) is 62.2 Å². The molecule has 1 aromatic heterocycles. The van der Waals surface area contributed by atoms with Crippen LogP contribution in [-0.2, 0) is 13.1 Å². The van der Waals surface area contributed by atoms with Gasteiger partial charge in [0.15, 0.2) is 11.6 Å². The zero-order valence-electron chi connectivity index (χ0n) is 14.7. The molecule has 2 aromatic rings. The Hall–Kier alpha value is -1.98. The highest BCUT2D eigenvalue weighted by atomic mass is 19.1. The number of benzene rings is 1. The van der Waals surface area contributed by atoms with Crippen LogP contribution in [0.1, 0.15) is 30.9 Å². The van der Waals surface area contributed by atoms with Crippen molar-refractivity contribution in [3.63, 3.8) is 0 Å². The molecule has 134 valence electrons. The molecule has 1 aliphatic rings. The number of halogens is 1. The quantitative estimate of drug-likeness (QED) is 0.836. The van der Waals surface area contributed by atoms with Gasteiger partial charge in [-0.15, -0.1) is 0 Å². The highest BCUT2D eigenvalue weighted by molar-refractivity contribution is 5.29. The first-order chi connectivity index (χ1) is 12.2. The molecule has 1 N–H and O–H groups in total. The van der Waals surface area contributed by atoms with Crippen molar-refractivity contribution in [1.82, 2.24) is 15.2 Å². The third-order valence-electron chi connectivity index (χ3n) is 4.61. The van der Waals surface area contributed by atoms with Gasteiger partial charge in [0.2, 0.25) is 0 Å². The number of nitrogens with one attached hydrogen (secondary N) is 1. The van der Waals surface area contributed by atoms with E-state index in [-0.39, 0.29) is 5.82 Å². The average Bonchev–Trinajstić information content (AvgIpc) is 2.64. The van der Waals surface area contributed by atoms with Crippen LogP contribution in [0.25, 0.3) is 0 Å². The molecule has 4 nitrogen and oxygen atoms in total. The SMILES string of the molecule is CCOc1ccc(CNC2CCN(Cc3cccnc3)CC2)cc1F. The fourth-order valence-corrected chi connectivity index (χ4v) is 3.23. The summed E-state index contributed by atoms with van der Waals surface area (Å²) in [7, 11) is 0. The van der Waals surface area contributed by atoms with E-state index < -0.39 is 0 Å². The second-order valence-electron chi connectivity index (χ2n) is 6.49. The minimum atomic E-state index is -0.285. The van der Waals surface area contributed by atoms with Crippen LogP contribution in [0.2, 0.25) is 0 Å². The van der Waals surface area contributed by atoms with Crippen LogP contribution in [-0.4, -0.2) is 35.6 Å². The van der Waals surface area contributed by atoms with Crippen LogP contribution >= 0.6 is 0 Å². The van der Waals surface area contributed by atoms with Crippen molar-refractivity contribution in [2.24, 2.45) is 0 Å². The maximum Gasteiger partial charge on any atom is 0.165 e. The van der Waals surface area contributed by atoms with E-state index in [1.165, 1.54) is 5.56 Å². The lowest BCUT2D eigenvalue weighted by molar-refractivity contribution is 0.190. The minimum Gasteiger partial charge on any atom is -0.491 e. The minimum absolute atomic E-state index is 0.285. The lowest BCUT2D eigenvalue weighted by Crippen LogP contribution is -2.41. The monoisotopic (exact) mass is 343 g/mol. The molecule has 25 heavy (non-hydrogen) atoms. The van der Waals surface area contributed by atoms with E-state index in [4.69, 9.17) is 4.74 Å². The Labute approximate surface area is 149 Å². The van der Waals surface area contributed by atoms with Gasteiger partial charge < -0.3 is 10.1 Å². The van der Waals surface area contributed by atoms with Crippen molar-refractivity contribution in [3.05, 3.63) is 59.7 Å². The number of ether oxygens (including phenoxy) is 1. The summed E-state index contributed by atoms with van der Waals surface area (Å²) in [5.74, 6) is 0.0439. The molecule has 1 fully saturated rings. The van der Waals surface area contributed by atoms with Crippen molar-refractivity contribution in [2.75, 3.05) is 19.7 Å². The summed E-state index contributed by atoms with van der Waals surface area (Å²) in [5.41, 5.74) is 2.22. The highest BCUT2D eigenvalue weighted by Gasteiger charge is 2.19. The summed E-state index contributed by atoms with van der Waals surface area (Å²) in [6.45, 7) is 6.14. The Bertz CT molecular complexity index is 657. The van der Waals surface area contributed by atoms with E-state index in [1.807, 2.05) is 31.5 Å². The summed E-state index contributed by atoms with van der Waals surface area (Å²) in [6.07, 6.45) is 5.97. The van der Waals surface area contributed by atoms with Crippen LogP contribution < -0.4 is 10.1 Å². The summed E-state index contributed by atoms with van der Waals surface area (Å²) >= 11 is 0. The topological polar surface area (TPSA) is 37.4 Å². The Kier molecular flexibility index (Phi) is 6.36. The lowest BCUT2D eigenvalue weighted by Gasteiger charge is -2.32. The Morgan fingerprint density at radius 3 is 2.76 bits per heavy atom. The van der Waals surface area contributed by atoms with E-state index in [9.17, 15) is 4.39 Å². The number of hydrogen-bond donors (Lipinski definition) is 1. The first-order valence-electron chi connectivity index (χ1n) is 9.00. The maximum atomic E-state index is 13.9. The van der Waals surface area contributed by atoms with Gasteiger partial charge in [-0.1, -0.05) is 12.1 Å². The second kappa shape index (κ2) is 8.92. The molecule has 1 saturated heterocycles.